The third-order valence-corrected chi connectivity index (χ3v) is 3.63. The summed E-state index contributed by atoms with van der Waals surface area (Å²) in [5.41, 5.74) is 8.35. The number of halogens is 2. The molecule has 0 saturated carbocycles. The highest BCUT2D eigenvalue weighted by atomic mass is 35.5. The number of nitrogens with two attached hydrogens (primary N) is 1. The van der Waals surface area contributed by atoms with Crippen molar-refractivity contribution < 1.29 is 0 Å². The van der Waals surface area contributed by atoms with E-state index in [1.165, 1.54) is 0 Å². The summed E-state index contributed by atoms with van der Waals surface area (Å²) in [6, 6.07) is 7.43. The maximum absolute atomic E-state index is 9.38. The Balaban J connectivity index is 2.46. The first-order valence-corrected chi connectivity index (χ1v) is 7.30. The summed E-state index contributed by atoms with van der Waals surface area (Å²) in [6.45, 7) is 2.02. The maximum Gasteiger partial charge on any atom is 0.220 e. The van der Waals surface area contributed by atoms with Crippen LogP contribution in [-0.4, -0.2) is 9.97 Å². The van der Waals surface area contributed by atoms with Gasteiger partial charge in [-0.1, -0.05) is 42.6 Å². The van der Waals surface area contributed by atoms with E-state index in [0.29, 0.717) is 39.8 Å². The van der Waals surface area contributed by atoms with Crippen molar-refractivity contribution in [3.63, 3.8) is 0 Å². The molecule has 4 nitrogen and oxygen atoms in total. The third-order valence-electron chi connectivity index (χ3n) is 3.05. The lowest BCUT2D eigenvalue weighted by atomic mass is 10.0. The molecule has 0 bridgehead atoms. The van der Waals surface area contributed by atoms with Gasteiger partial charge in [0.1, 0.15) is 6.07 Å². The molecular weight excluding hydrogens is 307 g/mol. The standard InChI is InChI=1S/C15H14Cl2N4/c1-2-3-13-11(8-18)14(21-15(19)20-13)6-9-4-5-10(16)7-12(9)17/h4-5,7H,2-3,6H2,1H3,(H2,19,20,21). The minimum absolute atomic E-state index is 0.178. The summed E-state index contributed by atoms with van der Waals surface area (Å²) < 4.78 is 0. The summed E-state index contributed by atoms with van der Waals surface area (Å²) in [5.74, 6) is 0.178. The van der Waals surface area contributed by atoms with Crippen molar-refractivity contribution in [3.8, 4) is 6.07 Å². The number of rotatable bonds is 4. The Morgan fingerprint density at radius 1 is 1.24 bits per heavy atom. The lowest BCUT2D eigenvalue weighted by Crippen LogP contribution is -2.08. The number of hydrogen-bond acceptors (Lipinski definition) is 4. The highest BCUT2D eigenvalue weighted by Gasteiger charge is 2.14. The fourth-order valence-electron chi connectivity index (χ4n) is 2.10. The molecular formula is C15H14Cl2N4. The molecule has 0 amide bonds. The fraction of sp³-hybridized carbons (Fsp3) is 0.267. The van der Waals surface area contributed by atoms with Gasteiger partial charge in [0, 0.05) is 16.5 Å². The molecule has 2 rings (SSSR count). The van der Waals surface area contributed by atoms with Crippen molar-refractivity contribution in [2.75, 3.05) is 5.73 Å². The van der Waals surface area contributed by atoms with Gasteiger partial charge in [0.2, 0.25) is 5.95 Å². The predicted molar refractivity (Wildman–Crippen MR) is 84.4 cm³/mol. The quantitative estimate of drug-likeness (QED) is 0.930. The Labute approximate surface area is 133 Å². The molecule has 2 aromatic rings. The van der Waals surface area contributed by atoms with E-state index in [2.05, 4.69) is 16.0 Å². The van der Waals surface area contributed by atoms with Crippen molar-refractivity contribution in [1.82, 2.24) is 9.97 Å². The highest BCUT2D eigenvalue weighted by molar-refractivity contribution is 6.35. The van der Waals surface area contributed by atoms with Crippen LogP contribution in [0.2, 0.25) is 10.0 Å². The average molecular weight is 321 g/mol. The molecule has 108 valence electrons. The monoisotopic (exact) mass is 320 g/mol. The molecule has 2 N–H and O–H groups in total. The van der Waals surface area contributed by atoms with Crippen molar-refractivity contribution in [3.05, 3.63) is 50.8 Å². The van der Waals surface area contributed by atoms with E-state index in [9.17, 15) is 5.26 Å². The van der Waals surface area contributed by atoms with E-state index >= 15 is 0 Å². The Hall–Kier alpha value is -1.83. The number of benzene rings is 1. The Bertz CT molecular complexity index is 708. The van der Waals surface area contributed by atoms with Gasteiger partial charge in [0.15, 0.2) is 0 Å². The number of nitriles is 1. The minimum Gasteiger partial charge on any atom is -0.368 e. The van der Waals surface area contributed by atoms with Crippen LogP contribution in [0.1, 0.15) is 35.9 Å². The zero-order valence-corrected chi connectivity index (χ0v) is 13.0. The van der Waals surface area contributed by atoms with Crippen LogP contribution < -0.4 is 5.73 Å². The topological polar surface area (TPSA) is 75.6 Å². The second-order valence-electron chi connectivity index (χ2n) is 4.62. The summed E-state index contributed by atoms with van der Waals surface area (Å²) in [5, 5.41) is 10.5. The molecule has 0 aliphatic carbocycles. The number of nitrogen functional groups attached to an aromatic ring is 1. The van der Waals surface area contributed by atoms with Crippen LogP contribution in [-0.2, 0) is 12.8 Å². The summed E-state index contributed by atoms with van der Waals surface area (Å²) in [6.07, 6.45) is 1.99. The zero-order valence-electron chi connectivity index (χ0n) is 11.5. The van der Waals surface area contributed by atoms with Gasteiger partial charge < -0.3 is 5.73 Å². The first-order valence-electron chi connectivity index (χ1n) is 6.54. The molecule has 21 heavy (non-hydrogen) atoms. The van der Waals surface area contributed by atoms with Gasteiger partial charge in [0.05, 0.1) is 17.0 Å². The lowest BCUT2D eigenvalue weighted by molar-refractivity contribution is 0.858. The molecule has 0 aliphatic rings. The Morgan fingerprint density at radius 3 is 2.57 bits per heavy atom. The van der Waals surface area contributed by atoms with Crippen molar-refractivity contribution in [2.24, 2.45) is 0 Å². The minimum atomic E-state index is 0.178. The van der Waals surface area contributed by atoms with Crippen molar-refractivity contribution in [1.29, 1.82) is 5.26 Å². The van der Waals surface area contributed by atoms with Crippen LogP contribution >= 0.6 is 23.2 Å². The SMILES string of the molecule is CCCc1nc(N)nc(Cc2ccc(Cl)cc2Cl)c1C#N. The summed E-state index contributed by atoms with van der Waals surface area (Å²) in [7, 11) is 0. The molecule has 1 heterocycles. The molecule has 0 atom stereocenters. The number of nitrogens with zero attached hydrogens (tertiary/aromatic N) is 3. The number of aromatic nitrogens is 2. The van der Waals surface area contributed by atoms with Gasteiger partial charge in [-0.3, -0.25) is 0 Å². The molecule has 0 aliphatic heterocycles. The Kier molecular flexibility index (Phi) is 5.00. The average Bonchev–Trinajstić information content (AvgIpc) is 2.42. The normalized spacial score (nSPS) is 10.4. The van der Waals surface area contributed by atoms with Crippen molar-refractivity contribution >= 4 is 29.2 Å². The Morgan fingerprint density at radius 2 is 1.95 bits per heavy atom. The van der Waals surface area contributed by atoms with Gasteiger partial charge in [-0.05, 0) is 24.1 Å². The first-order chi connectivity index (χ1) is 10.0. The van der Waals surface area contributed by atoms with Crippen LogP contribution in [0.3, 0.4) is 0 Å². The van der Waals surface area contributed by atoms with Gasteiger partial charge >= 0.3 is 0 Å². The summed E-state index contributed by atoms with van der Waals surface area (Å²) in [4.78, 5) is 8.36. The number of anilines is 1. The highest BCUT2D eigenvalue weighted by Crippen LogP contribution is 2.25. The molecule has 0 unspecified atom stereocenters. The number of aryl methyl sites for hydroxylation is 1. The van der Waals surface area contributed by atoms with Crippen LogP contribution in [0.4, 0.5) is 5.95 Å². The molecule has 0 radical (unpaired) electrons. The molecule has 0 saturated heterocycles. The molecule has 1 aromatic carbocycles. The van der Waals surface area contributed by atoms with Gasteiger partial charge in [-0.2, -0.15) is 5.26 Å². The summed E-state index contributed by atoms with van der Waals surface area (Å²) >= 11 is 12.1. The molecule has 6 heteroatoms. The zero-order chi connectivity index (χ0) is 15.4. The fourth-order valence-corrected chi connectivity index (χ4v) is 2.58. The molecule has 0 spiro atoms. The largest absolute Gasteiger partial charge is 0.368 e. The van der Waals surface area contributed by atoms with Crippen LogP contribution in [0.15, 0.2) is 18.2 Å². The first kappa shape index (κ1) is 15.6. The van der Waals surface area contributed by atoms with E-state index in [4.69, 9.17) is 28.9 Å². The van der Waals surface area contributed by atoms with Crippen LogP contribution in [0.5, 0.6) is 0 Å². The van der Waals surface area contributed by atoms with E-state index < -0.39 is 0 Å². The van der Waals surface area contributed by atoms with Gasteiger partial charge in [0.25, 0.3) is 0 Å². The van der Waals surface area contributed by atoms with E-state index in [-0.39, 0.29) is 5.95 Å². The predicted octanol–water partition coefficient (Wildman–Crippen LogP) is 3.78. The second kappa shape index (κ2) is 6.75. The molecule has 0 fully saturated rings. The van der Waals surface area contributed by atoms with Crippen LogP contribution in [0, 0.1) is 11.3 Å². The van der Waals surface area contributed by atoms with E-state index in [1.807, 2.05) is 13.0 Å². The maximum atomic E-state index is 9.38. The van der Waals surface area contributed by atoms with Gasteiger partial charge in [-0.25, -0.2) is 9.97 Å². The smallest absolute Gasteiger partial charge is 0.220 e. The van der Waals surface area contributed by atoms with E-state index in [1.54, 1.807) is 12.1 Å². The lowest BCUT2D eigenvalue weighted by Gasteiger charge is -2.10. The van der Waals surface area contributed by atoms with Crippen LogP contribution in [0.25, 0.3) is 0 Å². The van der Waals surface area contributed by atoms with Crippen molar-refractivity contribution in [2.45, 2.75) is 26.2 Å². The third kappa shape index (κ3) is 3.63. The number of hydrogen-bond donors (Lipinski definition) is 1. The molecule has 1 aromatic heterocycles. The van der Waals surface area contributed by atoms with E-state index in [0.717, 1.165) is 12.0 Å². The van der Waals surface area contributed by atoms with Gasteiger partial charge in [-0.15, -0.1) is 0 Å². The second-order valence-corrected chi connectivity index (χ2v) is 5.47.